The lowest BCUT2D eigenvalue weighted by Crippen LogP contribution is -2.56. The predicted molar refractivity (Wildman–Crippen MR) is 433 cm³/mol. The molecule has 20 nitrogen and oxygen atoms in total. The van der Waals surface area contributed by atoms with E-state index < -0.39 is 35.5 Å². The number of halogens is 1. The Morgan fingerprint density at radius 1 is 0.582 bits per heavy atom. The molecule has 110 heavy (non-hydrogen) atoms. The minimum Gasteiger partial charge on any atom is -0.488 e. The Bertz CT molecular complexity index is 4950. The number of nitrogens with one attached hydrogen (secondary N) is 4. The Morgan fingerprint density at radius 3 is 1.54 bits per heavy atom. The van der Waals surface area contributed by atoms with Gasteiger partial charge in [0.2, 0.25) is 11.8 Å². The molecule has 4 aliphatic carbocycles. The van der Waals surface area contributed by atoms with E-state index in [0.29, 0.717) is 49.7 Å². The van der Waals surface area contributed by atoms with Crippen LogP contribution in [0.25, 0.3) is 55.1 Å². The van der Waals surface area contributed by atoms with Gasteiger partial charge in [0.25, 0.3) is 0 Å². The number of amides is 4. The van der Waals surface area contributed by atoms with E-state index in [-0.39, 0.29) is 47.8 Å². The van der Waals surface area contributed by atoms with E-state index in [4.69, 9.17) is 38.6 Å². The van der Waals surface area contributed by atoms with Gasteiger partial charge in [-0.3, -0.25) is 19.6 Å². The number of likely N-dealkylation sites (tertiary alicyclic amines) is 2. The molecule has 4 saturated carbocycles. The number of aliphatic imine (C=N–C) groups is 2. The molecule has 1 radical (unpaired) electrons. The molecule has 6 fully saturated rings. The van der Waals surface area contributed by atoms with E-state index >= 15 is 0 Å². The number of fused-ring (bicyclic) bond motifs is 14. The van der Waals surface area contributed by atoms with Gasteiger partial charge >= 0.3 is 19.7 Å². The van der Waals surface area contributed by atoms with Crippen molar-refractivity contribution in [3.63, 3.8) is 0 Å². The second kappa shape index (κ2) is 30.7. The summed E-state index contributed by atoms with van der Waals surface area (Å²) in [6.45, 7) is 16.0. The van der Waals surface area contributed by atoms with Crippen LogP contribution in [-0.2, 0) is 49.8 Å². The Morgan fingerprint density at radius 2 is 1.06 bits per heavy atom. The fourth-order valence-electron chi connectivity index (χ4n) is 19.2. The Balaban J connectivity index is 0.000000146. The zero-order valence-electron chi connectivity index (χ0n) is 65.1. The molecule has 18 rings (SSSR count). The van der Waals surface area contributed by atoms with Gasteiger partial charge in [0.1, 0.15) is 53.0 Å². The number of rotatable bonds is 15. The van der Waals surface area contributed by atoms with Crippen LogP contribution in [-0.4, -0.2) is 139 Å². The van der Waals surface area contributed by atoms with Gasteiger partial charge < -0.3 is 59.1 Å². The number of aromatic nitrogens is 4. The van der Waals surface area contributed by atoms with E-state index in [1.165, 1.54) is 98.6 Å². The first-order chi connectivity index (χ1) is 53.0. The lowest BCUT2D eigenvalue weighted by Gasteiger charge is -2.37. The summed E-state index contributed by atoms with van der Waals surface area (Å²) in [5.74, 6) is 5.91. The summed E-state index contributed by atoms with van der Waals surface area (Å²) in [5.41, 5.74) is 14.5. The Labute approximate surface area is 653 Å². The summed E-state index contributed by atoms with van der Waals surface area (Å²) in [4.78, 5) is 83.3. The molecule has 2 aromatic heterocycles. The number of methoxy groups -OCH3 is 2. The third-order valence-electron chi connectivity index (χ3n) is 25.9. The summed E-state index contributed by atoms with van der Waals surface area (Å²) in [6, 6.07) is 29.1. The zero-order valence-corrected chi connectivity index (χ0v) is 66.7. The number of alkyl carbamates (subject to hydrolysis) is 2. The summed E-state index contributed by atoms with van der Waals surface area (Å²) in [5, 5.41) is 20.8. The smallest absolute Gasteiger partial charge is 0.407 e. The summed E-state index contributed by atoms with van der Waals surface area (Å²) >= 11 is 3.36. The van der Waals surface area contributed by atoms with Crippen molar-refractivity contribution in [3.05, 3.63) is 136 Å². The number of carbonyl (C=O) groups is 4. The average Bonchev–Trinajstić information content (AvgIpc) is 1.52. The molecule has 6 aliphatic heterocycles. The largest absolute Gasteiger partial charge is 0.488 e. The van der Waals surface area contributed by atoms with E-state index in [9.17, 15) is 24.3 Å². The molecular formula is C88H103BBrN10O10. The van der Waals surface area contributed by atoms with Crippen LogP contribution in [0.5, 0.6) is 11.5 Å². The molecule has 575 valence electrons. The van der Waals surface area contributed by atoms with Crippen molar-refractivity contribution in [2.45, 2.75) is 243 Å². The van der Waals surface area contributed by atoms with Crippen molar-refractivity contribution in [2.24, 2.45) is 33.7 Å². The second-order valence-corrected chi connectivity index (χ2v) is 34.8. The number of hydrogen-bond donors (Lipinski definition) is 5. The molecule has 22 heteroatoms. The molecule has 10 aliphatic rings. The van der Waals surface area contributed by atoms with Gasteiger partial charge in [0.15, 0.2) is 0 Å². The van der Waals surface area contributed by atoms with Gasteiger partial charge in [0, 0.05) is 64.9 Å². The third kappa shape index (κ3) is 14.6. The van der Waals surface area contributed by atoms with Crippen molar-refractivity contribution < 1.29 is 47.9 Å². The molecule has 0 unspecified atom stereocenters. The summed E-state index contributed by atoms with van der Waals surface area (Å²) in [7, 11) is 4.35. The van der Waals surface area contributed by atoms with Crippen LogP contribution < -0.4 is 25.6 Å². The van der Waals surface area contributed by atoms with Crippen molar-refractivity contribution in [1.29, 1.82) is 0 Å². The molecule has 0 bridgehead atoms. The minimum atomic E-state index is -1.01. The fourth-order valence-corrected chi connectivity index (χ4v) is 19.5. The quantitative estimate of drug-likeness (QED) is 0.0602. The maximum Gasteiger partial charge on any atom is 0.407 e. The van der Waals surface area contributed by atoms with Gasteiger partial charge in [-0.2, -0.15) is 0 Å². The van der Waals surface area contributed by atoms with Gasteiger partial charge in [0.05, 0.1) is 67.0 Å². The van der Waals surface area contributed by atoms with Gasteiger partial charge in [-0.1, -0.05) is 96.6 Å². The molecular weight excluding hydrogens is 1450 g/mol. The molecule has 8 aromatic rings. The number of aliphatic hydroxyl groups is 1. The van der Waals surface area contributed by atoms with E-state index in [2.05, 4.69) is 124 Å². The first-order valence-electron chi connectivity index (χ1n) is 40.2. The van der Waals surface area contributed by atoms with E-state index in [1.807, 2.05) is 66.1 Å². The average molecular weight is 1550 g/mol. The topological polar surface area (TPSA) is 247 Å². The number of carbonyl (C=O) groups excluding carboxylic acids is 4. The van der Waals surface area contributed by atoms with Crippen molar-refractivity contribution in [3.8, 4) is 45.0 Å². The van der Waals surface area contributed by atoms with E-state index in [0.717, 1.165) is 152 Å². The van der Waals surface area contributed by atoms with E-state index in [1.54, 1.807) is 21.3 Å². The van der Waals surface area contributed by atoms with Crippen LogP contribution in [0.1, 0.15) is 204 Å². The second-order valence-electron chi connectivity index (χ2n) is 34.0. The number of ether oxygens (including phenoxy) is 4. The number of benzene rings is 6. The highest BCUT2D eigenvalue weighted by Gasteiger charge is 2.52. The zero-order chi connectivity index (χ0) is 76.6. The van der Waals surface area contributed by atoms with Crippen molar-refractivity contribution >= 4 is 97.2 Å². The molecule has 5 N–H and O–H groups in total. The normalized spacial score (nSPS) is 22.1. The molecule has 8 atom stereocenters. The van der Waals surface area contributed by atoms with Gasteiger partial charge in [-0.05, 0) is 246 Å². The fraction of sp³-hybridized carbons (Fsp3) is 0.500. The number of hydrogen-bond acceptors (Lipinski definition) is 14. The first kappa shape index (κ1) is 75.2. The van der Waals surface area contributed by atoms with Crippen LogP contribution >= 0.6 is 15.9 Å². The monoisotopic (exact) mass is 1550 g/mol. The summed E-state index contributed by atoms with van der Waals surface area (Å²) in [6.07, 6.45) is 22.7. The maximum atomic E-state index is 14.2. The third-order valence-corrected chi connectivity index (χ3v) is 26.3. The number of nitrogens with zero attached hydrogens (tertiary/aromatic N) is 6. The highest BCUT2D eigenvalue weighted by Crippen LogP contribution is 2.50. The van der Waals surface area contributed by atoms with Crippen LogP contribution in [0.15, 0.2) is 112 Å². The highest BCUT2D eigenvalue weighted by molar-refractivity contribution is 9.10. The SMILES string of the molecule is Brc1cnc(C2CCCC2)[nH]1.COC(=O)N[C@H](C(=O)N1[C@H](C2=Nc3ccc4cc5c(cc4c3C2)COc2cc(-c3cnc(C4CCCC4)[nH]3)ccc2-5)C[C@@H]2CCC[C@@H]21)C(C)C.COC(=O)N[C@H](C(=O)N1[C@H](C2=Nc3ccc4cc5c(cc4c3C2)COc2cc([B]OC(C)(C)C(C)(C)O)ccc2-5)C[C@@H]2CCC[C@@H]21)C(C)C. The van der Waals surface area contributed by atoms with Gasteiger partial charge in [-0.25, -0.2) is 19.6 Å². The van der Waals surface area contributed by atoms with Crippen LogP contribution in [0.4, 0.5) is 21.0 Å². The van der Waals surface area contributed by atoms with Crippen molar-refractivity contribution in [2.75, 3.05) is 14.2 Å². The minimum absolute atomic E-state index is 0.0249. The molecule has 4 amide bonds. The number of imidazole rings is 2. The Hall–Kier alpha value is -8.86. The first-order valence-corrected chi connectivity index (χ1v) is 41.0. The Kier molecular flexibility index (Phi) is 21.0. The van der Waals surface area contributed by atoms with Crippen molar-refractivity contribution in [1.82, 2.24) is 40.4 Å². The maximum absolute atomic E-state index is 14.2. The molecule has 2 saturated heterocycles. The van der Waals surface area contributed by atoms with Crippen LogP contribution in [0.3, 0.4) is 0 Å². The number of H-pyrrole nitrogens is 2. The van der Waals surface area contributed by atoms with Crippen LogP contribution in [0, 0.1) is 23.7 Å². The molecule has 0 spiro atoms. The lowest BCUT2D eigenvalue weighted by atomic mass is 9.81. The molecule has 8 heterocycles. The number of aromatic amines is 2. The molecule has 6 aromatic carbocycles. The van der Waals surface area contributed by atoms with Gasteiger partial charge in [-0.15, -0.1) is 0 Å². The van der Waals surface area contributed by atoms with Crippen LogP contribution in [0.2, 0.25) is 0 Å². The predicted octanol–water partition coefficient (Wildman–Crippen LogP) is 17.0. The standard InChI is InChI=1S/C41H45N5O4.C39H47BN3O6.C8H11BrN2/c1-22(2)38(45-41(48)49-3)40(47)46-35-10-6-9-26(35)17-36(46)33-19-31-29-16-27-21-50-37-18-25(34-20-42-39(44-34)23-7-4-5-8-23)11-13-28(37)30(27)15-24(29)12-14-32(31)43-33;1-21(2)35(42-37(45)47-7)36(44)43-32-10-8-9-23(32)17-33(43)31-19-29-27-16-24-20-48-34-18-25(40-49-39(5,6)38(3,4)46)12-13-26(34)28(24)15-22(27)11-14-30(29)41-31;9-7-5-10-8(11-7)6-3-1-2-4-6/h11-16,18,20,22-23,26,35-36,38H,4-10,17,19,21H2,1-3H3,(H,42,44)(H,45,48);11-16,18,21,23,32-33,35,46H,8-10,17,19-20H2,1-7H3,(H,42,45);5-6H,1-4H2,(H,10,11)/t26-,35-,36-,38-;23-,32-,33-,35-;/m00./s1. The lowest BCUT2D eigenvalue weighted by molar-refractivity contribution is -0.137. The summed E-state index contributed by atoms with van der Waals surface area (Å²) < 4.78 is 29.4. The highest BCUT2D eigenvalue weighted by atomic mass is 79.9.